The fourth-order valence-corrected chi connectivity index (χ4v) is 2.47. The van der Waals surface area contributed by atoms with Crippen LogP contribution in [0.5, 0.6) is 0 Å². The zero-order valence-corrected chi connectivity index (χ0v) is 8.63. The van der Waals surface area contributed by atoms with E-state index in [4.69, 9.17) is 12.2 Å². The van der Waals surface area contributed by atoms with Crippen molar-refractivity contribution in [2.45, 2.75) is 6.92 Å². The molecule has 0 fully saturated rings. The molecule has 2 heterocycles. The molecule has 0 bridgehead atoms. The van der Waals surface area contributed by atoms with Gasteiger partial charge in [0.15, 0.2) is 0 Å². The highest BCUT2D eigenvalue weighted by Crippen LogP contribution is 2.25. The Kier molecular flexibility index (Phi) is 1.77. The van der Waals surface area contributed by atoms with E-state index in [0.717, 1.165) is 4.64 Å². The van der Waals surface area contributed by atoms with Gasteiger partial charge in [-0.15, -0.1) is 11.3 Å². The standard InChI is InChI=1S/C9H9NS2/c1-6-5-7-8(12-6)3-4-10(2)9(7)11/h3-5H,1-2H3. The van der Waals surface area contributed by atoms with Crippen LogP contribution in [0.4, 0.5) is 0 Å². The summed E-state index contributed by atoms with van der Waals surface area (Å²) in [6.45, 7) is 2.11. The summed E-state index contributed by atoms with van der Waals surface area (Å²) in [5.41, 5.74) is 0. The number of nitrogens with zero attached hydrogens (tertiary/aromatic N) is 1. The zero-order valence-electron chi connectivity index (χ0n) is 7.00. The van der Waals surface area contributed by atoms with Crippen molar-refractivity contribution in [3.05, 3.63) is 27.8 Å². The monoisotopic (exact) mass is 195 g/mol. The lowest BCUT2D eigenvalue weighted by Crippen LogP contribution is -1.88. The van der Waals surface area contributed by atoms with Crippen LogP contribution in [0.3, 0.4) is 0 Å². The molecule has 0 N–H and O–H groups in total. The van der Waals surface area contributed by atoms with Crippen molar-refractivity contribution >= 4 is 33.6 Å². The van der Waals surface area contributed by atoms with Crippen LogP contribution < -0.4 is 0 Å². The first-order chi connectivity index (χ1) is 5.68. The summed E-state index contributed by atoms with van der Waals surface area (Å²) in [6.07, 6.45) is 2.01. The van der Waals surface area contributed by atoms with E-state index in [0.29, 0.717) is 0 Å². The summed E-state index contributed by atoms with van der Waals surface area (Å²) < 4.78 is 4.19. The van der Waals surface area contributed by atoms with E-state index >= 15 is 0 Å². The first-order valence-corrected chi connectivity index (χ1v) is 4.97. The van der Waals surface area contributed by atoms with Crippen molar-refractivity contribution in [2.24, 2.45) is 7.05 Å². The quantitative estimate of drug-likeness (QED) is 0.584. The van der Waals surface area contributed by atoms with Gasteiger partial charge in [0.2, 0.25) is 0 Å². The lowest BCUT2D eigenvalue weighted by Gasteiger charge is -1.96. The zero-order chi connectivity index (χ0) is 8.72. The van der Waals surface area contributed by atoms with Gasteiger partial charge in [-0.25, -0.2) is 0 Å². The average Bonchev–Trinajstić information content (AvgIpc) is 2.39. The van der Waals surface area contributed by atoms with Gasteiger partial charge in [-0.05, 0) is 19.1 Å². The molecule has 0 aromatic carbocycles. The third-order valence-electron chi connectivity index (χ3n) is 1.88. The Labute approximate surface area is 80.3 Å². The van der Waals surface area contributed by atoms with E-state index in [1.807, 2.05) is 17.8 Å². The maximum Gasteiger partial charge on any atom is 0.114 e. The van der Waals surface area contributed by atoms with Crippen LogP contribution in [0.25, 0.3) is 10.1 Å². The first kappa shape index (κ1) is 7.95. The van der Waals surface area contributed by atoms with E-state index < -0.39 is 0 Å². The second kappa shape index (κ2) is 2.68. The minimum absolute atomic E-state index is 0.928. The second-order valence-corrected chi connectivity index (χ2v) is 4.54. The molecule has 12 heavy (non-hydrogen) atoms. The predicted octanol–water partition coefficient (Wildman–Crippen LogP) is 3.28. The average molecular weight is 195 g/mol. The van der Waals surface area contributed by atoms with Gasteiger partial charge in [0, 0.05) is 28.2 Å². The highest BCUT2D eigenvalue weighted by Gasteiger charge is 1.99. The second-order valence-electron chi connectivity index (χ2n) is 2.87. The van der Waals surface area contributed by atoms with Crippen molar-refractivity contribution < 1.29 is 0 Å². The fraction of sp³-hybridized carbons (Fsp3) is 0.222. The Morgan fingerprint density at radius 2 is 2.25 bits per heavy atom. The van der Waals surface area contributed by atoms with Crippen molar-refractivity contribution in [3.63, 3.8) is 0 Å². The van der Waals surface area contributed by atoms with E-state index in [9.17, 15) is 0 Å². The summed E-state index contributed by atoms with van der Waals surface area (Å²) >= 11 is 7.07. The molecular weight excluding hydrogens is 186 g/mol. The minimum Gasteiger partial charge on any atom is -0.342 e. The molecule has 0 unspecified atom stereocenters. The molecule has 0 aliphatic heterocycles. The summed E-state index contributed by atoms with van der Waals surface area (Å²) in [7, 11) is 1.98. The van der Waals surface area contributed by atoms with Crippen molar-refractivity contribution in [3.8, 4) is 0 Å². The first-order valence-electron chi connectivity index (χ1n) is 3.74. The molecule has 2 aromatic heterocycles. The highest BCUT2D eigenvalue weighted by molar-refractivity contribution is 7.71. The summed E-state index contributed by atoms with van der Waals surface area (Å²) in [5, 5.41) is 1.21. The van der Waals surface area contributed by atoms with Crippen LogP contribution >= 0.6 is 23.6 Å². The van der Waals surface area contributed by atoms with Gasteiger partial charge in [-0.1, -0.05) is 12.2 Å². The van der Waals surface area contributed by atoms with Crippen LogP contribution in [0.2, 0.25) is 0 Å². The molecule has 0 saturated heterocycles. The highest BCUT2D eigenvalue weighted by atomic mass is 32.1. The van der Waals surface area contributed by atoms with Crippen LogP contribution in [-0.2, 0) is 7.05 Å². The van der Waals surface area contributed by atoms with Gasteiger partial charge in [-0.2, -0.15) is 0 Å². The van der Waals surface area contributed by atoms with Crippen molar-refractivity contribution in [2.75, 3.05) is 0 Å². The van der Waals surface area contributed by atoms with Gasteiger partial charge in [0.25, 0.3) is 0 Å². The van der Waals surface area contributed by atoms with Crippen LogP contribution in [0, 0.1) is 11.6 Å². The molecule has 2 rings (SSSR count). The maximum atomic E-state index is 5.28. The van der Waals surface area contributed by atoms with Gasteiger partial charge >= 0.3 is 0 Å². The van der Waals surface area contributed by atoms with Crippen LogP contribution in [0.1, 0.15) is 4.88 Å². The summed E-state index contributed by atoms with van der Waals surface area (Å²) in [5.74, 6) is 0. The molecule has 1 nitrogen and oxygen atoms in total. The van der Waals surface area contributed by atoms with E-state index in [2.05, 4.69) is 19.1 Å². The molecule has 3 heteroatoms. The van der Waals surface area contributed by atoms with Gasteiger partial charge in [-0.3, -0.25) is 0 Å². The summed E-state index contributed by atoms with van der Waals surface area (Å²) in [6, 6.07) is 4.27. The third kappa shape index (κ3) is 1.09. The van der Waals surface area contributed by atoms with Gasteiger partial charge in [0.1, 0.15) is 4.64 Å². The summed E-state index contributed by atoms with van der Waals surface area (Å²) in [4.78, 5) is 1.32. The number of hydrogen-bond donors (Lipinski definition) is 0. The molecule has 0 atom stereocenters. The molecule has 0 aliphatic rings. The predicted molar refractivity (Wildman–Crippen MR) is 56.4 cm³/mol. The van der Waals surface area contributed by atoms with Gasteiger partial charge < -0.3 is 4.57 Å². The third-order valence-corrected chi connectivity index (χ3v) is 3.41. The number of rotatable bonds is 0. The Morgan fingerprint density at radius 1 is 1.50 bits per heavy atom. The van der Waals surface area contributed by atoms with Crippen LogP contribution in [0.15, 0.2) is 18.3 Å². The number of thiophene rings is 1. The molecule has 0 spiro atoms. The Balaban J connectivity index is 2.99. The largest absolute Gasteiger partial charge is 0.342 e. The number of pyridine rings is 1. The molecule has 2 aromatic rings. The Morgan fingerprint density at radius 3 is 3.00 bits per heavy atom. The molecular formula is C9H9NS2. The lowest BCUT2D eigenvalue weighted by molar-refractivity contribution is 0.900. The van der Waals surface area contributed by atoms with E-state index in [-0.39, 0.29) is 0 Å². The number of aryl methyl sites for hydroxylation is 2. The molecule has 62 valence electrons. The molecule has 0 amide bonds. The normalized spacial score (nSPS) is 10.8. The topological polar surface area (TPSA) is 4.93 Å². The Hall–Kier alpha value is -0.670. The molecule has 0 radical (unpaired) electrons. The number of aromatic nitrogens is 1. The van der Waals surface area contributed by atoms with E-state index in [1.54, 1.807) is 11.3 Å². The van der Waals surface area contributed by atoms with Crippen LogP contribution in [-0.4, -0.2) is 4.57 Å². The van der Waals surface area contributed by atoms with Gasteiger partial charge in [0.05, 0.1) is 0 Å². The Bertz CT molecular complexity index is 479. The smallest absolute Gasteiger partial charge is 0.114 e. The maximum absolute atomic E-state index is 5.28. The number of hydrogen-bond acceptors (Lipinski definition) is 2. The number of fused-ring (bicyclic) bond motifs is 1. The molecule has 0 aliphatic carbocycles. The SMILES string of the molecule is Cc1cc2c(=S)n(C)ccc2s1. The fourth-order valence-electron chi connectivity index (χ4n) is 1.26. The van der Waals surface area contributed by atoms with E-state index in [1.165, 1.54) is 15.0 Å². The van der Waals surface area contributed by atoms with Crippen molar-refractivity contribution in [1.82, 2.24) is 4.57 Å². The van der Waals surface area contributed by atoms with Crippen molar-refractivity contribution in [1.29, 1.82) is 0 Å². The lowest BCUT2D eigenvalue weighted by atomic mass is 10.3. The molecule has 0 saturated carbocycles. The minimum atomic E-state index is 0.928.